The third kappa shape index (κ3) is 4.21. The second-order valence-electron chi connectivity index (χ2n) is 9.01. The predicted molar refractivity (Wildman–Crippen MR) is 134 cm³/mol. The summed E-state index contributed by atoms with van der Waals surface area (Å²) in [6.45, 7) is 4.16. The zero-order valence-corrected chi connectivity index (χ0v) is 20.6. The van der Waals surface area contributed by atoms with Gasteiger partial charge in [0.05, 0.1) is 5.69 Å². The lowest BCUT2D eigenvalue weighted by Crippen LogP contribution is -2.38. The van der Waals surface area contributed by atoms with Crippen LogP contribution in [0.15, 0.2) is 40.8 Å². The Hall–Kier alpha value is -3.80. The van der Waals surface area contributed by atoms with Crippen molar-refractivity contribution in [3.8, 4) is 22.8 Å². The standard InChI is InChI=1S/C24H26N8O3S/c1-14(33)31-7-2-3-15(11-31)5-8-32-23-21(22(25)26-12-27-23)29-24(32)36-20-10-19-18(34-13-35-19)9-16(20)17-4-6-28-30-17/h4,6,9-10,12,15H,2-3,5,7-8,11,13H2,1H3,(H,28,30)(H2,25,26,27). The number of nitrogens with two attached hydrogens (primary N) is 1. The summed E-state index contributed by atoms with van der Waals surface area (Å²) in [4.78, 5) is 28.3. The molecule has 1 aromatic carbocycles. The fraction of sp³-hybridized carbons (Fsp3) is 0.375. The third-order valence-corrected chi connectivity index (χ3v) is 7.77. The fourth-order valence-corrected chi connectivity index (χ4v) is 5.90. The molecule has 0 radical (unpaired) electrons. The van der Waals surface area contributed by atoms with E-state index in [1.54, 1.807) is 13.1 Å². The van der Waals surface area contributed by atoms with E-state index in [2.05, 4.69) is 24.7 Å². The third-order valence-electron chi connectivity index (χ3n) is 6.72. The number of H-pyrrole nitrogens is 1. The van der Waals surface area contributed by atoms with Crippen molar-refractivity contribution in [2.45, 2.75) is 42.8 Å². The quantitative estimate of drug-likeness (QED) is 0.403. The highest BCUT2D eigenvalue weighted by Crippen LogP contribution is 2.44. The number of carbonyl (C=O) groups excluding carboxylic acids is 1. The number of aromatic nitrogens is 6. The Morgan fingerprint density at radius 2 is 2.14 bits per heavy atom. The Morgan fingerprint density at radius 1 is 1.28 bits per heavy atom. The minimum absolute atomic E-state index is 0.138. The molecule has 1 unspecified atom stereocenters. The molecule has 2 aliphatic heterocycles. The van der Waals surface area contributed by atoms with Crippen LogP contribution in [0.1, 0.15) is 26.2 Å². The molecule has 0 bridgehead atoms. The lowest BCUT2D eigenvalue weighted by molar-refractivity contribution is -0.130. The topological polar surface area (TPSA) is 137 Å². The van der Waals surface area contributed by atoms with E-state index in [-0.39, 0.29) is 12.7 Å². The van der Waals surface area contributed by atoms with Crippen LogP contribution in [0, 0.1) is 5.92 Å². The second kappa shape index (κ2) is 9.34. The maximum Gasteiger partial charge on any atom is 0.231 e. The highest BCUT2D eigenvalue weighted by molar-refractivity contribution is 7.99. The average Bonchev–Trinajstić information content (AvgIpc) is 3.63. The largest absolute Gasteiger partial charge is 0.454 e. The minimum atomic E-state index is 0.138. The van der Waals surface area contributed by atoms with E-state index < -0.39 is 0 Å². The lowest BCUT2D eigenvalue weighted by Gasteiger charge is -2.32. The molecule has 6 rings (SSSR count). The number of imidazole rings is 1. The molecule has 3 aromatic heterocycles. The highest BCUT2D eigenvalue weighted by Gasteiger charge is 2.25. The van der Waals surface area contributed by atoms with Gasteiger partial charge in [-0.2, -0.15) is 5.10 Å². The van der Waals surface area contributed by atoms with Crippen molar-refractivity contribution < 1.29 is 14.3 Å². The van der Waals surface area contributed by atoms with E-state index >= 15 is 0 Å². The number of amides is 1. The Kier molecular flexibility index (Phi) is 5.88. The molecule has 3 N–H and O–H groups in total. The van der Waals surface area contributed by atoms with Gasteiger partial charge in [0.15, 0.2) is 33.6 Å². The number of hydrogen-bond donors (Lipinski definition) is 2. The van der Waals surface area contributed by atoms with Gasteiger partial charge in [-0.15, -0.1) is 0 Å². The summed E-state index contributed by atoms with van der Waals surface area (Å²) in [6.07, 6.45) is 6.22. The number of nitrogen functional groups attached to an aromatic ring is 1. The summed E-state index contributed by atoms with van der Waals surface area (Å²) < 4.78 is 13.4. The van der Waals surface area contributed by atoms with Crippen molar-refractivity contribution in [3.05, 3.63) is 30.7 Å². The van der Waals surface area contributed by atoms with Gasteiger partial charge in [0, 0.05) is 43.2 Å². The van der Waals surface area contributed by atoms with Crippen LogP contribution >= 0.6 is 11.8 Å². The summed E-state index contributed by atoms with van der Waals surface area (Å²) in [7, 11) is 0. The molecule has 4 aromatic rings. The molecule has 36 heavy (non-hydrogen) atoms. The van der Waals surface area contributed by atoms with Gasteiger partial charge in [0.1, 0.15) is 6.33 Å². The molecule has 2 aliphatic rings. The number of hydrogen-bond acceptors (Lipinski definition) is 9. The van der Waals surface area contributed by atoms with Gasteiger partial charge in [-0.05, 0) is 43.4 Å². The first-order valence-electron chi connectivity index (χ1n) is 11.9. The second-order valence-corrected chi connectivity index (χ2v) is 10.0. The number of nitrogens with one attached hydrogen (secondary N) is 1. The molecule has 1 atom stereocenters. The number of ether oxygens (including phenoxy) is 2. The Bertz CT molecular complexity index is 1420. The maximum atomic E-state index is 11.9. The molecule has 0 spiro atoms. The van der Waals surface area contributed by atoms with Crippen LogP contribution < -0.4 is 15.2 Å². The molecule has 12 heteroatoms. The van der Waals surface area contributed by atoms with Crippen LogP contribution in [-0.4, -0.2) is 60.4 Å². The number of piperidine rings is 1. The van der Waals surface area contributed by atoms with Gasteiger partial charge >= 0.3 is 0 Å². The molecule has 11 nitrogen and oxygen atoms in total. The summed E-state index contributed by atoms with van der Waals surface area (Å²) in [5.41, 5.74) is 9.26. The normalized spacial score (nSPS) is 17.1. The number of carbonyl (C=O) groups is 1. The van der Waals surface area contributed by atoms with Crippen LogP contribution in [0.25, 0.3) is 22.4 Å². The average molecular weight is 507 g/mol. The van der Waals surface area contributed by atoms with E-state index in [0.717, 1.165) is 53.7 Å². The van der Waals surface area contributed by atoms with E-state index in [4.69, 9.17) is 20.2 Å². The van der Waals surface area contributed by atoms with Crippen LogP contribution in [0.5, 0.6) is 11.5 Å². The summed E-state index contributed by atoms with van der Waals surface area (Å²) in [6, 6.07) is 5.84. The number of benzene rings is 1. The van der Waals surface area contributed by atoms with Gasteiger partial charge in [0.2, 0.25) is 12.7 Å². The number of rotatable bonds is 6. The van der Waals surface area contributed by atoms with Crippen LogP contribution in [0.4, 0.5) is 5.82 Å². The van der Waals surface area contributed by atoms with Crippen molar-refractivity contribution in [2.24, 2.45) is 5.92 Å². The van der Waals surface area contributed by atoms with Crippen molar-refractivity contribution in [3.63, 3.8) is 0 Å². The molecular formula is C24H26N8O3S. The monoisotopic (exact) mass is 506 g/mol. The molecule has 186 valence electrons. The lowest BCUT2D eigenvalue weighted by atomic mass is 9.95. The zero-order chi connectivity index (χ0) is 24.6. The molecule has 1 amide bonds. The van der Waals surface area contributed by atoms with Gasteiger partial charge in [-0.1, -0.05) is 11.8 Å². The molecular weight excluding hydrogens is 480 g/mol. The number of nitrogens with zero attached hydrogens (tertiary/aromatic N) is 6. The van der Waals surface area contributed by atoms with Crippen LogP contribution in [0.2, 0.25) is 0 Å². The molecule has 1 saturated heterocycles. The Labute approximate surface area is 211 Å². The molecule has 0 aliphatic carbocycles. The minimum Gasteiger partial charge on any atom is -0.454 e. The number of likely N-dealkylation sites (tertiary alicyclic amines) is 1. The van der Waals surface area contributed by atoms with E-state index in [9.17, 15) is 4.79 Å². The molecule has 0 saturated carbocycles. The van der Waals surface area contributed by atoms with Gasteiger partial charge < -0.3 is 24.7 Å². The number of aromatic amines is 1. The first kappa shape index (κ1) is 22.7. The summed E-state index contributed by atoms with van der Waals surface area (Å²) >= 11 is 1.51. The predicted octanol–water partition coefficient (Wildman–Crippen LogP) is 3.33. The maximum absolute atomic E-state index is 11.9. The number of aryl methyl sites for hydroxylation is 1. The van der Waals surface area contributed by atoms with E-state index in [1.165, 1.54) is 18.1 Å². The van der Waals surface area contributed by atoms with Gasteiger partial charge in [-0.25, -0.2) is 15.0 Å². The zero-order valence-electron chi connectivity index (χ0n) is 19.8. The first-order chi connectivity index (χ1) is 17.6. The summed E-state index contributed by atoms with van der Waals surface area (Å²) in [5, 5.41) is 7.92. The Morgan fingerprint density at radius 3 is 2.94 bits per heavy atom. The van der Waals surface area contributed by atoms with Crippen LogP contribution in [0.3, 0.4) is 0 Å². The van der Waals surface area contributed by atoms with Crippen LogP contribution in [-0.2, 0) is 11.3 Å². The van der Waals surface area contributed by atoms with Gasteiger partial charge in [-0.3, -0.25) is 9.89 Å². The first-order valence-corrected chi connectivity index (χ1v) is 12.7. The highest BCUT2D eigenvalue weighted by atomic mass is 32.2. The van der Waals surface area contributed by atoms with E-state index in [1.807, 2.05) is 23.1 Å². The van der Waals surface area contributed by atoms with Crippen molar-refractivity contribution in [1.82, 2.24) is 34.6 Å². The van der Waals surface area contributed by atoms with E-state index in [0.29, 0.717) is 40.9 Å². The number of anilines is 1. The van der Waals surface area contributed by atoms with Crippen molar-refractivity contribution >= 4 is 34.7 Å². The van der Waals surface area contributed by atoms with Crippen molar-refractivity contribution in [2.75, 3.05) is 25.6 Å². The number of fused-ring (bicyclic) bond motifs is 2. The molecule has 1 fully saturated rings. The summed E-state index contributed by atoms with van der Waals surface area (Å²) in [5.74, 6) is 2.29. The fourth-order valence-electron chi connectivity index (χ4n) is 4.83. The Balaban J connectivity index is 1.35. The smallest absolute Gasteiger partial charge is 0.231 e. The SMILES string of the molecule is CC(=O)N1CCCC(CCn2c(Sc3cc4c(cc3-c3ccn[nH]3)OCO4)nc3c(N)ncnc32)C1. The molecule has 5 heterocycles. The van der Waals surface area contributed by atoms with Gasteiger partial charge in [0.25, 0.3) is 0 Å². The van der Waals surface area contributed by atoms with Crippen molar-refractivity contribution in [1.29, 1.82) is 0 Å².